The number of amides is 1. The number of nitrogens with two attached hydrogens (primary N) is 1. The van der Waals surface area contributed by atoms with Crippen LogP contribution < -0.4 is 5.73 Å². The first kappa shape index (κ1) is 12.4. The van der Waals surface area contributed by atoms with Crippen LogP contribution in [0.5, 0.6) is 0 Å². The zero-order valence-corrected chi connectivity index (χ0v) is 9.21. The Labute approximate surface area is 81.3 Å². The van der Waals surface area contributed by atoms with E-state index in [-0.39, 0.29) is 18.0 Å². The van der Waals surface area contributed by atoms with Gasteiger partial charge in [-0.05, 0) is 12.8 Å². The van der Waals surface area contributed by atoms with Gasteiger partial charge in [-0.3, -0.25) is 4.79 Å². The summed E-state index contributed by atoms with van der Waals surface area (Å²) < 4.78 is 0. The average molecular weight is 186 g/mol. The van der Waals surface area contributed by atoms with Crippen molar-refractivity contribution < 1.29 is 4.79 Å². The molecule has 0 heterocycles. The summed E-state index contributed by atoms with van der Waals surface area (Å²) in [7, 11) is 0. The fraction of sp³-hybridized carbons (Fsp3) is 0.900. The molecule has 1 atom stereocenters. The highest BCUT2D eigenvalue weighted by molar-refractivity contribution is 5.78. The van der Waals surface area contributed by atoms with Gasteiger partial charge in [-0.1, -0.05) is 27.7 Å². The minimum absolute atomic E-state index is 0.0455. The van der Waals surface area contributed by atoms with Crippen LogP contribution in [0.1, 0.15) is 40.5 Å². The van der Waals surface area contributed by atoms with Crippen LogP contribution >= 0.6 is 0 Å². The van der Waals surface area contributed by atoms with Gasteiger partial charge in [0.05, 0.1) is 6.17 Å². The van der Waals surface area contributed by atoms with Gasteiger partial charge in [0.15, 0.2) is 0 Å². The minimum Gasteiger partial charge on any atom is -0.327 e. The van der Waals surface area contributed by atoms with Crippen molar-refractivity contribution in [2.24, 2.45) is 11.7 Å². The summed E-state index contributed by atoms with van der Waals surface area (Å²) in [5, 5.41) is 0. The molecule has 0 bridgehead atoms. The molecular formula is C10H22N2O. The highest BCUT2D eigenvalue weighted by atomic mass is 16.2. The molecule has 0 radical (unpaired) electrons. The van der Waals surface area contributed by atoms with Crippen LogP contribution in [0.25, 0.3) is 0 Å². The molecule has 0 aromatic rings. The molecule has 2 N–H and O–H groups in total. The predicted molar refractivity (Wildman–Crippen MR) is 55.1 cm³/mol. The Kier molecular flexibility index (Phi) is 5.71. The highest BCUT2D eigenvalue weighted by Crippen LogP contribution is 2.06. The van der Waals surface area contributed by atoms with Crippen molar-refractivity contribution in [1.82, 2.24) is 4.90 Å². The molecule has 1 amide bonds. The Morgan fingerprint density at radius 3 is 2.23 bits per heavy atom. The maximum atomic E-state index is 11.7. The van der Waals surface area contributed by atoms with Crippen LogP contribution in [0.15, 0.2) is 0 Å². The van der Waals surface area contributed by atoms with Gasteiger partial charge in [-0.2, -0.15) is 0 Å². The third kappa shape index (κ3) is 3.77. The third-order valence-corrected chi connectivity index (χ3v) is 2.06. The van der Waals surface area contributed by atoms with Crippen LogP contribution in [0.2, 0.25) is 0 Å². The summed E-state index contributed by atoms with van der Waals surface area (Å²) in [6, 6.07) is 0. The van der Waals surface area contributed by atoms with Gasteiger partial charge in [0.2, 0.25) is 5.91 Å². The molecule has 0 rings (SSSR count). The summed E-state index contributed by atoms with van der Waals surface area (Å²) in [4.78, 5) is 13.5. The molecule has 0 aliphatic rings. The van der Waals surface area contributed by atoms with Gasteiger partial charge in [0.25, 0.3) is 0 Å². The predicted octanol–water partition coefficient (Wildman–Crippen LogP) is 1.58. The van der Waals surface area contributed by atoms with Crippen molar-refractivity contribution in [2.75, 3.05) is 6.54 Å². The lowest BCUT2D eigenvalue weighted by molar-refractivity contribution is -0.136. The summed E-state index contributed by atoms with van der Waals surface area (Å²) in [6.07, 6.45) is 1.67. The first-order chi connectivity index (χ1) is 6.04. The SMILES string of the molecule is CCCN(C(=O)C(C)C)C(N)CC. The van der Waals surface area contributed by atoms with E-state index in [4.69, 9.17) is 5.73 Å². The molecule has 0 saturated carbocycles. The number of rotatable bonds is 5. The highest BCUT2D eigenvalue weighted by Gasteiger charge is 2.20. The molecule has 0 aliphatic carbocycles. The van der Waals surface area contributed by atoms with Crippen molar-refractivity contribution in [2.45, 2.75) is 46.7 Å². The van der Waals surface area contributed by atoms with Gasteiger partial charge in [0, 0.05) is 12.5 Å². The molecule has 0 aromatic heterocycles. The van der Waals surface area contributed by atoms with E-state index in [1.807, 2.05) is 20.8 Å². The maximum Gasteiger partial charge on any atom is 0.226 e. The number of carbonyl (C=O) groups is 1. The standard InChI is InChI=1S/C10H22N2O/c1-5-7-12(9(11)6-2)10(13)8(3)4/h8-9H,5-7,11H2,1-4H3. The van der Waals surface area contributed by atoms with E-state index in [0.717, 1.165) is 19.4 Å². The molecule has 1 unspecified atom stereocenters. The van der Waals surface area contributed by atoms with E-state index in [9.17, 15) is 4.79 Å². The molecular weight excluding hydrogens is 164 g/mol. The molecule has 78 valence electrons. The van der Waals surface area contributed by atoms with E-state index < -0.39 is 0 Å². The molecule has 0 aliphatic heterocycles. The topological polar surface area (TPSA) is 46.3 Å². The smallest absolute Gasteiger partial charge is 0.226 e. The summed E-state index contributed by atoms with van der Waals surface area (Å²) >= 11 is 0. The van der Waals surface area contributed by atoms with Crippen LogP contribution in [0, 0.1) is 5.92 Å². The molecule has 3 nitrogen and oxygen atoms in total. The Morgan fingerprint density at radius 1 is 1.38 bits per heavy atom. The first-order valence-electron chi connectivity index (χ1n) is 5.10. The van der Waals surface area contributed by atoms with E-state index >= 15 is 0 Å². The molecule has 3 heteroatoms. The summed E-state index contributed by atoms with van der Waals surface area (Å²) in [5.74, 6) is 0.209. The fourth-order valence-corrected chi connectivity index (χ4v) is 1.23. The van der Waals surface area contributed by atoms with Crippen molar-refractivity contribution >= 4 is 5.91 Å². The molecule has 0 saturated heterocycles. The van der Waals surface area contributed by atoms with Crippen LogP contribution in [-0.2, 0) is 4.79 Å². The summed E-state index contributed by atoms with van der Waals surface area (Å²) in [5.41, 5.74) is 5.85. The fourth-order valence-electron chi connectivity index (χ4n) is 1.23. The van der Waals surface area contributed by atoms with E-state index in [0.29, 0.717) is 0 Å². The minimum atomic E-state index is -0.116. The zero-order chi connectivity index (χ0) is 10.4. The van der Waals surface area contributed by atoms with E-state index in [1.165, 1.54) is 0 Å². The number of carbonyl (C=O) groups excluding carboxylic acids is 1. The molecule has 13 heavy (non-hydrogen) atoms. The van der Waals surface area contributed by atoms with Crippen LogP contribution in [0.4, 0.5) is 0 Å². The van der Waals surface area contributed by atoms with Gasteiger partial charge < -0.3 is 10.6 Å². The normalized spacial score (nSPS) is 13.1. The monoisotopic (exact) mass is 186 g/mol. The lowest BCUT2D eigenvalue weighted by Crippen LogP contribution is -2.47. The van der Waals surface area contributed by atoms with Gasteiger partial charge in [0.1, 0.15) is 0 Å². The van der Waals surface area contributed by atoms with Gasteiger partial charge in [-0.25, -0.2) is 0 Å². The Bertz CT molecular complexity index is 157. The van der Waals surface area contributed by atoms with Crippen molar-refractivity contribution in [3.05, 3.63) is 0 Å². The Balaban J connectivity index is 4.31. The Hall–Kier alpha value is -0.570. The van der Waals surface area contributed by atoms with Gasteiger partial charge >= 0.3 is 0 Å². The lowest BCUT2D eigenvalue weighted by Gasteiger charge is -2.29. The molecule has 0 spiro atoms. The zero-order valence-electron chi connectivity index (χ0n) is 9.21. The molecule has 0 aromatic carbocycles. The average Bonchev–Trinajstić information content (AvgIpc) is 2.11. The maximum absolute atomic E-state index is 11.7. The van der Waals surface area contributed by atoms with Crippen molar-refractivity contribution in [3.8, 4) is 0 Å². The van der Waals surface area contributed by atoms with Crippen LogP contribution in [-0.4, -0.2) is 23.5 Å². The first-order valence-corrected chi connectivity index (χ1v) is 5.10. The number of nitrogens with zero attached hydrogens (tertiary/aromatic N) is 1. The van der Waals surface area contributed by atoms with Crippen molar-refractivity contribution in [3.63, 3.8) is 0 Å². The largest absolute Gasteiger partial charge is 0.327 e. The second-order valence-corrected chi connectivity index (χ2v) is 3.66. The van der Waals surface area contributed by atoms with Gasteiger partial charge in [-0.15, -0.1) is 0 Å². The second-order valence-electron chi connectivity index (χ2n) is 3.66. The lowest BCUT2D eigenvalue weighted by atomic mass is 10.1. The van der Waals surface area contributed by atoms with E-state index in [2.05, 4.69) is 6.92 Å². The quantitative estimate of drug-likeness (QED) is 0.662. The number of hydrogen-bond acceptors (Lipinski definition) is 2. The van der Waals surface area contributed by atoms with Crippen LogP contribution in [0.3, 0.4) is 0 Å². The summed E-state index contributed by atoms with van der Waals surface area (Å²) in [6.45, 7) is 8.65. The molecule has 0 fully saturated rings. The third-order valence-electron chi connectivity index (χ3n) is 2.06. The Morgan fingerprint density at radius 2 is 1.92 bits per heavy atom. The van der Waals surface area contributed by atoms with E-state index in [1.54, 1.807) is 4.90 Å². The van der Waals surface area contributed by atoms with Crippen molar-refractivity contribution in [1.29, 1.82) is 0 Å². The second kappa shape index (κ2) is 5.97. The number of hydrogen-bond donors (Lipinski definition) is 1.